The fourth-order valence-electron chi connectivity index (χ4n) is 3.30. The molecule has 0 aliphatic carbocycles. The molecule has 6 heteroatoms. The topological polar surface area (TPSA) is 51.2 Å². The highest BCUT2D eigenvalue weighted by Gasteiger charge is 2.41. The molecular weight excluding hydrogens is 340 g/mol. The van der Waals surface area contributed by atoms with Crippen LogP contribution in [0.3, 0.4) is 0 Å². The largest absolute Gasteiger partial charge is 0.366 e. The summed E-state index contributed by atoms with van der Waals surface area (Å²) in [5, 5.41) is 8.43. The van der Waals surface area contributed by atoms with Gasteiger partial charge in [-0.2, -0.15) is 11.3 Å². The molecule has 2 aromatic rings. The van der Waals surface area contributed by atoms with Crippen LogP contribution in [-0.2, 0) is 16.0 Å². The molecule has 4 atom stereocenters. The molecule has 1 fully saturated rings. The van der Waals surface area contributed by atoms with Crippen LogP contribution in [0.5, 0.6) is 0 Å². The maximum Gasteiger partial charge on any atom is 0.226 e. The summed E-state index contributed by atoms with van der Waals surface area (Å²) < 4.78 is 5.74. The molecule has 4 nitrogen and oxygen atoms in total. The van der Waals surface area contributed by atoms with Gasteiger partial charge in [0.25, 0.3) is 0 Å². The van der Waals surface area contributed by atoms with Crippen LogP contribution in [0.2, 0.25) is 0 Å². The highest BCUT2D eigenvalue weighted by molar-refractivity contribution is 7.11. The number of thiazole rings is 1. The van der Waals surface area contributed by atoms with Crippen LogP contribution in [0.15, 0.2) is 29.0 Å². The van der Waals surface area contributed by atoms with Gasteiger partial charge in [0.2, 0.25) is 5.91 Å². The van der Waals surface area contributed by atoms with E-state index in [9.17, 15) is 4.79 Å². The maximum atomic E-state index is 12.8. The van der Waals surface area contributed by atoms with Gasteiger partial charge < -0.3 is 10.1 Å². The van der Waals surface area contributed by atoms with Gasteiger partial charge in [0.05, 0.1) is 29.9 Å². The Morgan fingerprint density at radius 3 is 2.92 bits per heavy atom. The van der Waals surface area contributed by atoms with Gasteiger partial charge in [0, 0.05) is 11.3 Å². The lowest BCUT2D eigenvalue weighted by molar-refractivity contribution is -0.126. The Bertz CT molecular complexity index is 747. The highest BCUT2D eigenvalue weighted by atomic mass is 32.1. The molecular formula is C18H20N2O2S2. The van der Waals surface area contributed by atoms with Gasteiger partial charge in [-0.15, -0.1) is 11.3 Å². The predicted octanol–water partition coefficient (Wildman–Crippen LogP) is 3.56. The van der Waals surface area contributed by atoms with Gasteiger partial charge in [-0.05, 0) is 42.7 Å². The first kappa shape index (κ1) is 16.0. The van der Waals surface area contributed by atoms with Gasteiger partial charge in [0.1, 0.15) is 5.01 Å². The Morgan fingerprint density at radius 2 is 2.33 bits per heavy atom. The number of ether oxygens (including phenoxy) is 1. The van der Waals surface area contributed by atoms with Gasteiger partial charge in [-0.3, -0.25) is 4.79 Å². The fourth-order valence-corrected chi connectivity index (χ4v) is 4.96. The fraction of sp³-hybridized carbons (Fsp3) is 0.444. The molecule has 4 rings (SSSR count). The number of aryl methyl sites for hydroxylation is 2. The first-order valence-corrected chi connectivity index (χ1v) is 9.95. The molecule has 2 bridgehead atoms. The molecule has 0 aromatic carbocycles. The van der Waals surface area contributed by atoms with Crippen molar-refractivity contribution in [3.8, 4) is 0 Å². The van der Waals surface area contributed by atoms with Crippen molar-refractivity contribution in [3.63, 3.8) is 0 Å². The van der Waals surface area contributed by atoms with E-state index in [2.05, 4.69) is 40.1 Å². The molecule has 0 radical (unpaired) electrons. The van der Waals surface area contributed by atoms with Crippen LogP contribution in [0.25, 0.3) is 0 Å². The SMILES string of the molecule is Cc1nc([C@H](Cc2ccsc2)NC(=O)[C@@H]2C[C@H]3C=C[C@H]2O3)sc1C. The predicted molar refractivity (Wildman–Crippen MR) is 96.4 cm³/mol. The first-order chi connectivity index (χ1) is 11.6. The van der Waals surface area contributed by atoms with E-state index in [0.29, 0.717) is 0 Å². The highest BCUT2D eigenvalue weighted by Crippen LogP contribution is 2.35. The Morgan fingerprint density at radius 1 is 1.46 bits per heavy atom. The zero-order valence-electron chi connectivity index (χ0n) is 13.7. The van der Waals surface area contributed by atoms with E-state index in [1.165, 1.54) is 10.4 Å². The second kappa shape index (κ2) is 6.43. The van der Waals surface area contributed by atoms with Crippen molar-refractivity contribution in [2.24, 2.45) is 5.92 Å². The van der Waals surface area contributed by atoms with Gasteiger partial charge in [-0.25, -0.2) is 4.98 Å². The minimum atomic E-state index is -0.0767. The molecule has 4 heterocycles. The van der Waals surface area contributed by atoms with E-state index in [1.807, 2.05) is 13.0 Å². The zero-order valence-corrected chi connectivity index (χ0v) is 15.3. The van der Waals surface area contributed by atoms with Gasteiger partial charge in [-0.1, -0.05) is 12.2 Å². The van der Waals surface area contributed by atoms with Crippen LogP contribution < -0.4 is 5.32 Å². The number of rotatable bonds is 5. The van der Waals surface area contributed by atoms with Crippen LogP contribution in [0.1, 0.15) is 33.6 Å². The third-order valence-corrected chi connectivity index (χ3v) is 6.67. The number of carbonyl (C=O) groups excluding carboxylic acids is 1. The third-order valence-electron chi connectivity index (χ3n) is 4.75. The minimum absolute atomic E-state index is 0.0587. The molecule has 2 aliphatic heterocycles. The maximum absolute atomic E-state index is 12.8. The normalized spacial score (nSPS) is 26.0. The monoisotopic (exact) mass is 360 g/mol. The van der Waals surface area contributed by atoms with Crippen LogP contribution in [0, 0.1) is 19.8 Å². The van der Waals surface area contributed by atoms with E-state index in [4.69, 9.17) is 4.74 Å². The third kappa shape index (κ3) is 3.06. The van der Waals surface area contributed by atoms with Crippen molar-refractivity contribution in [2.75, 3.05) is 0 Å². The van der Waals surface area contributed by atoms with E-state index in [-0.39, 0.29) is 30.1 Å². The van der Waals surface area contributed by atoms with Crippen molar-refractivity contribution >= 4 is 28.6 Å². The van der Waals surface area contributed by atoms with E-state index in [0.717, 1.165) is 23.5 Å². The summed E-state index contributed by atoms with van der Waals surface area (Å²) in [6, 6.07) is 2.04. The summed E-state index contributed by atoms with van der Waals surface area (Å²) in [7, 11) is 0. The smallest absolute Gasteiger partial charge is 0.226 e. The summed E-state index contributed by atoms with van der Waals surface area (Å²) >= 11 is 3.36. The van der Waals surface area contributed by atoms with Crippen LogP contribution >= 0.6 is 22.7 Å². The standard InChI is InChI=1S/C18H20N2O2S2/c1-10-11(2)24-18(19-10)15(7-12-5-6-23-9-12)20-17(21)14-8-13-3-4-16(14)22-13/h3-6,9,13-16H,7-8H2,1-2H3,(H,20,21)/t13-,14-,15+,16-/m1/s1. The van der Waals surface area contributed by atoms with Crippen LogP contribution in [-0.4, -0.2) is 23.1 Å². The number of nitrogens with one attached hydrogen (secondary N) is 1. The Kier molecular flexibility index (Phi) is 4.28. The van der Waals surface area contributed by atoms with Crippen molar-refractivity contribution in [2.45, 2.75) is 44.9 Å². The van der Waals surface area contributed by atoms with Crippen molar-refractivity contribution in [1.29, 1.82) is 0 Å². The molecule has 0 unspecified atom stereocenters. The quantitative estimate of drug-likeness (QED) is 0.830. The molecule has 126 valence electrons. The van der Waals surface area contributed by atoms with E-state index >= 15 is 0 Å². The van der Waals surface area contributed by atoms with Crippen molar-refractivity contribution in [1.82, 2.24) is 10.3 Å². The molecule has 1 amide bonds. The molecule has 2 aromatic heterocycles. The molecule has 1 N–H and O–H groups in total. The lowest BCUT2D eigenvalue weighted by Crippen LogP contribution is -2.38. The number of hydrogen-bond donors (Lipinski definition) is 1. The Hall–Kier alpha value is -1.50. The average Bonchev–Trinajstić information content (AvgIpc) is 3.33. The second-order valence-corrected chi connectivity index (χ2v) is 8.47. The van der Waals surface area contributed by atoms with Crippen molar-refractivity contribution in [3.05, 3.63) is 50.1 Å². The van der Waals surface area contributed by atoms with Gasteiger partial charge in [0.15, 0.2) is 0 Å². The Labute approximate surface area is 149 Å². The second-order valence-electron chi connectivity index (χ2n) is 6.46. The lowest BCUT2D eigenvalue weighted by atomic mass is 9.93. The summed E-state index contributed by atoms with van der Waals surface area (Å²) in [6.07, 6.45) is 5.70. The molecule has 0 saturated carbocycles. The number of fused-ring (bicyclic) bond motifs is 2. The number of carbonyl (C=O) groups is 1. The summed E-state index contributed by atoms with van der Waals surface area (Å²) in [6.45, 7) is 4.10. The summed E-state index contributed by atoms with van der Waals surface area (Å²) in [4.78, 5) is 18.7. The average molecular weight is 361 g/mol. The van der Waals surface area contributed by atoms with E-state index in [1.54, 1.807) is 22.7 Å². The number of thiophene rings is 1. The number of hydrogen-bond acceptors (Lipinski definition) is 5. The first-order valence-electron chi connectivity index (χ1n) is 8.19. The number of aromatic nitrogens is 1. The number of nitrogens with zero attached hydrogens (tertiary/aromatic N) is 1. The molecule has 0 spiro atoms. The van der Waals surface area contributed by atoms with Crippen LogP contribution in [0.4, 0.5) is 0 Å². The summed E-state index contributed by atoms with van der Waals surface area (Å²) in [5.41, 5.74) is 2.28. The lowest BCUT2D eigenvalue weighted by Gasteiger charge is -2.21. The van der Waals surface area contributed by atoms with Crippen molar-refractivity contribution < 1.29 is 9.53 Å². The minimum Gasteiger partial charge on any atom is -0.366 e. The molecule has 24 heavy (non-hydrogen) atoms. The zero-order chi connectivity index (χ0) is 16.7. The number of amides is 1. The summed E-state index contributed by atoms with van der Waals surface area (Å²) in [5.74, 6) is 0.00437. The molecule has 2 aliphatic rings. The Balaban J connectivity index is 1.53. The van der Waals surface area contributed by atoms with E-state index < -0.39 is 0 Å². The molecule has 1 saturated heterocycles. The van der Waals surface area contributed by atoms with Gasteiger partial charge >= 0.3 is 0 Å².